The molecule has 0 aliphatic carbocycles. The van der Waals surface area contributed by atoms with E-state index in [1.807, 2.05) is 0 Å². The van der Waals surface area contributed by atoms with Gasteiger partial charge in [-0.25, -0.2) is 4.79 Å². The predicted octanol–water partition coefficient (Wildman–Crippen LogP) is 3.50. The standard InChI is InChI=1S/C11H19ClO2/c1-3-5-6-10(4-2)9-14-11(13)7-8-12/h7-8,10H,3-6,9H2,1-2H3. The minimum Gasteiger partial charge on any atom is -0.462 e. The molecule has 1 atom stereocenters. The van der Waals surface area contributed by atoms with E-state index in [9.17, 15) is 4.79 Å². The van der Waals surface area contributed by atoms with Crippen LogP contribution in [0.3, 0.4) is 0 Å². The maximum absolute atomic E-state index is 10.9. The van der Waals surface area contributed by atoms with Crippen LogP contribution in [0.4, 0.5) is 0 Å². The Labute approximate surface area is 91.3 Å². The highest BCUT2D eigenvalue weighted by Gasteiger charge is 2.07. The third-order valence-electron chi connectivity index (χ3n) is 2.20. The van der Waals surface area contributed by atoms with Crippen LogP contribution in [0.15, 0.2) is 11.6 Å². The van der Waals surface area contributed by atoms with Gasteiger partial charge in [0, 0.05) is 11.6 Å². The van der Waals surface area contributed by atoms with Gasteiger partial charge in [0.15, 0.2) is 0 Å². The number of hydrogen-bond donors (Lipinski definition) is 0. The van der Waals surface area contributed by atoms with E-state index in [0.29, 0.717) is 12.5 Å². The molecule has 0 aromatic heterocycles. The molecule has 3 heteroatoms. The molecule has 0 fully saturated rings. The third kappa shape index (κ3) is 6.96. The molecule has 14 heavy (non-hydrogen) atoms. The van der Waals surface area contributed by atoms with Crippen LogP contribution in [0.1, 0.15) is 39.5 Å². The monoisotopic (exact) mass is 218 g/mol. The number of hydrogen-bond acceptors (Lipinski definition) is 2. The number of carbonyl (C=O) groups is 1. The molecule has 0 spiro atoms. The van der Waals surface area contributed by atoms with Crippen LogP contribution in [0.5, 0.6) is 0 Å². The molecule has 0 heterocycles. The maximum Gasteiger partial charge on any atom is 0.331 e. The molecule has 0 radical (unpaired) electrons. The van der Waals surface area contributed by atoms with Crippen molar-refractivity contribution in [3.05, 3.63) is 11.6 Å². The fourth-order valence-electron chi connectivity index (χ4n) is 1.20. The van der Waals surface area contributed by atoms with Gasteiger partial charge in [0.2, 0.25) is 0 Å². The molecule has 0 aliphatic rings. The second-order valence-electron chi connectivity index (χ2n) is 3.34. The lowest BCUT2D eigenvalue weighted by atomic mass is 10.0. The van der Waals surface area contributed by atoms with Crippen molar-refractivity contribution >= 4 is 17.6 Å². The van der Waals surface area contributed by atoms with E-state index in [2.05, 4.69) is 13.8 Å². The Hall–Kier alpha value is -0.500. The van der Waals surface area contributed by atoms with Gasteiger partial charge in [-0.2, -0.15) is 0 Å². The van der Waals surface area contributed by atoms with Crippen molar-refractivity contribution in [3.63, 3.8) is 0 Å². The van der Waals surface area contributed by atoms with Crippen molar-refractivity contribution in [1.29, 1.82) is 0 Å². The van der Waals surface area contributed by atoms with E-state index in [1.54, 1.807) is 0 Å². The number of unbranched alkanes of at least 4 members (excludes halogenated alkanes) is 1. The van der Waals surface area contributed by atoms with Crippen LogP contribution in [0, 0.1) is 5.92 Å². The van der Waals surface area contributed by atoms with E-state index >= 15 is 0 Å². The Bertz CT molecular complexity index is 178. The first-order chi connectivity index (χ1) is 6.74. The highest BCUT2D eigenvalue weighted by atomic mass is 35.5. The van der Waals surface area contributed by atoms with Crippen molar-refractivity contribution in [2.75, 3.05) is 6.61 Å². The van der Waals surface area contributed by atoms with Crippen molar-refractivity contribution < 1.29 is 9.53 Å². The Kier molecular flexibility index (Phi) is 8.75. The van der Waals surface area contributed by atoms with E-state index in [-0.39, 0.29) is 5.97 Å². The molecule has 0 aromatic rings. The van der Waals surface area contributed by atoms with Gasteiger partial charge in [-0.05, 0) is 12.3 Å². The van der Waals surface area contributed by atoms with Crippen LogP contribution < -0.4 is 0 Å². The van der Waals surface area contributed by atoms with Crippen LogP contribution >= 0.6 is 11.6 Å². The summed E-state index contributed by atoms with van der Waals surface area (Å²) in [6.07, 6.45) is 5.80. The normalized spacial score (nSPS) is 13.1. The minimum absolute atomic E-state index is 0.352. The molecule has 0 amide bonds. The highest BCUT2D eigenvalue weighted by molar-refractivity contribution is 6.26. The average molecular weight is 219 g/mol. The first kappa shape index (κ1) is 13.5. The third-order valence-corrected chi connectivity index (χ3v) is 2.33. The van der Waals surface area contributed by atoms with Gasteiger partial charge < -0.3 is 4.74 Å². The maximum atomic E-state index is 10.9. The van der Waals surface area contributed by atoms with Gasteiger partial charge in [-0.15, -0.1) is 0 Å². The zero-order valence-electron chi connectivity index (χ0n) is 8.96. The van der Waals surface area contributed by atoms with Crippen molar-refractivity contribution in [2.45, 2.75) is 39.5 Å². The molecular weight excluding hydrogens is 200 g/mol. The van der Waals surface area contributed by atoms with Crippen molar-refractivity contribution in [2.24, 2.45) is 5.92 Å². The smallest absolute Gasteiger partial charge is 0.331 e. The zero-order chi connectivity index (χ0) is 10.8. The molecule has 0 saturated carbocycles. The van der Waals surface area contributed by atoms with E-state index < -0.39 is 0 Å². The van der Waals surface area contributed by atoms with Crippen molar-refractivity contribution in [1.82, 2.24) is 0 Å². The Morgan fingerprint density at radius 1 is 1.50 bits per heavy atom. The first-order valence-electron chi connectivity index (χ1n) is 5.18. The summed E-state index contributed by atoms with van der Waals surface area (Å²) in [7, 11) is 0. The highest BCUT2D eigenvalue weighted by Crippen LogP contribution is 2.12. The lowest BCUT2D eigenvalue weighted by Crippen LogP contribution is -2.12. The summed E-state index contributed by atoms with van der Waals surface area (Å²) >= 11 is 5.25. The summed E-state index contributed by atoms with van der Waals surface area (Å²) in [5, 5.41) is 0. The van der Waals surface area contributed by atoms with Crippen LogP contribution in [0.2, 0.25) is 0 Å². The Balaban J connectivity index is 3.66. The first-order valence-corrected chi connectivity index (χ1v) is 5.61. The lowest BCUT2D eigenvalue weighted by molar-refractivity contribution is -0.139. The topological polar surface area (TPSA) is 26.3 Å². The second kappa shape index (κ2) is 9.07. The molecule has 0 rings (SSSR count). The molecule has 0 aromatic carbocycles. The summed E-state index contributed by atoms with van der Waals surface area (Å²) in [6, 6.07) is 0. The second-order valence-corrected chi connectivity index (χ2v) is 3.59. The van der Waals surface area contributed by atoms with Gasteiger partial charge in [0.1, 0.15) is 0 Å². The molecule has 0 N–H and O–H groups in total. The molecule has 0 bridgehead atoms. The quantitative estimate of drug-likeness (QED) is 0.483. The zero-order valence-corrected chi connectivity index (χ0v) is 9.72. The number of carbonyl (C=O) groups excluding carboxylic acids is 1. The van der Waals surface area contributed by atoms with Crippen LogP contribution in [-0.4, -0.2) is 12.6 Å². The Morgan fingerprint density at radius 2 is 2.21 bits per heavy atom. The van der Waals surface area contributed by atoms with Crippen molar-refractivity contribution in [3.8, 4) is 0 Å². The molecule has 2 nitrogen and oxygen atoms in total. The summed E-state index contributed by atoms with van der Waals surface area (Å²) in [5.41, 5.74) is 1.18. The fourth-order valence-corrected chi connectivity index (χ4v) is 1.30. The number of rotatable bonds is 7. The minimum atomic E-state index is -0.352. The summed E-state index contributed by atoms with van der Waals surface area (Å²) < 4.78 is 5.02. The van der Waals surface area contributed by atoms with E-state index in [4.69, 9.17) is 16.3 Å². The van der Waals surface area contributed by atoms with Gasteiger partial charge >= 0.3 is 5.97 Å². The van der Waals surface area contributed by atoms with Gasteiger partial charge in [-0.1, -0.05) is 44.7 Å². The SMILES string of the molecule is CCCCC(CC)COC(=O)C=CCl. The average Bonchev–Trinajstić information content (AvgIpc) is 2.19. The van der Waals surface area contributed by atoms with E-state index in [0.717, 1.165) is 12.8 Å². The lowest BCUT2D eigenvalue weighted by Gasteiger charge is -2.13. The molecule has 0 saturated heterocycles. The fraction of sp³-hybridized carbons (Fsp3) is 0.727. The summed E-state index contributed by atoms with van der Waals surface area (Å²) in [6.45, 7) is 4.79. The number of halogens is 1. The molecule has 0 aliphatic heterocycles. The van der Waals surface area contributed by atoms with E-state index in [1.165, 1.54) is 24.5 Å². The van der Waals surface area contributed by atoms with Gasteiger partial charge in [0.05, 0.1) is 6.61 Å². The predicted molar refractivity (Wildman–Crippen MR) is 59.3 cm³/mol. The summed E-state index contributed by atoms with van der Waals surface area (Å²) in [4.78, 5) is 10.9. The van der Waals surface area contributed by atoms with Gasteiger partial charge in [0.25, 0.3) is 0 Å². The largest absolute Gasteiger partial charge is 0.462 e. The van der Waals surface area contributed by atoms with Crippen LogP contribution in [-0.2, 0) is 9.53 Å². The number of ether oxygens (including phenoxy) is 1. The summed E-state index contributed by atoms with van der Waals surface area (Å²) in [5.74, 6) is 0.137. The molecule has 1 unspecified atom stereocenters. The Morgan fingerprint density at radius 3 is 2.71 bits per heavy atom. The van der Waals surface area contributed by atoms with Gasteiger partial charge in [-0.3, -0.25) is 0 Å². The van der Waals surface area contributed by atoms with Crippen LogP contribution in [0.25, 0.3) is 0 Å². The molecular formula is C11H19ClO2. The molecule has 82 valence electrons. The number of esters is 1.